The van der Waals surface area contributed by atoms with Crippen molar-refractivity contribution in [3.8, 4) is 0 Å². The molecule has 1 aliphatic rings. The largest absolute Gasteiger partial charge is 0.390 e. The van der Waals surface area contributed by atoms with Crippen molar-refractivity contribution in [3.63, 3.8) is 0 Å². The molecule has 2 aromatic heterocycles. The maximum absolute atomic E-state index is 9.45. The Morgan fingerprint density at radius 3 is 1.62 bits per heavy atom. The molecule has 0 saturated heterocycles. The molecule has 1 aliphatic carbocycles. The molecule has 0 bridgehead atoms. The summed E-state index contributed by atoms with van der Waals surface area (Å²) in [4.78, 5) is 5.05. The first-order valence-electron chi connectivity index (χ1n) is 19.6. The van der Waals surface area contributed by atoms with E-state index in [-0.39, 0.29) is 13.2 Å². The van der Waals surface area contributed by atoms with Crippen LogP contribution < -0.4 is 14.0 Å². The average Bonchev–Trinajstić information content (AvgIpc) is 3.25. The normalized spacial score (nSPS) is 12.9. The van der Waals surface area contributed by atoms with Crippen molar-refractivity contribution in [1.29, 1.82) is 0 Å². The van der Waals surface area contributed by atoms with Crippen molar-refractivity contribution in [2.24, 2.45) is 0 Å². The first kappa shape index (κ1) is 40.8. The van der Waals surface area contributed by atoms with E-state index in [4.69, 9.17) is 0 Å². The molecule has 0 atom stereocenters. The second kappa shape index (κ2) is 22.6. The van der Waals surface area contributed by atoms with Gasteiger partial charge >= 0.3 is 0 Å². The van der Waals surface area contributed by atoms with Crippen LogP contribution in [0.15, 0.2) is 163 Å². The van der Waals surface area contributed by atoms with Crippen LogP contribution in [0, 0.1) is 0 Å². The maximum Gasteiger partial charge on any atom is 0.205 e. The van der Waals surface area contributed by atoms with Gasteiger partial charge < -0.3 is 20.0 Å². The summed E-state index contributed by atoms with van der Waals surface area (Å²) in [5.41, 5.74) is 9.89. The smallest absolute Gasteiger partial charge is 0.205 e. The van der Waals surface area contributed by atoms with Crippen LogP contribution in [-0.4, -0.2) is 52.9 Å². The summed E-state index contributed by atoms with van der Waals surface area (Å²) in [6.07, 6.45) is 19.3. The standard InChI is InChI=1S/C48H54N4O2S2/c53-35-31-49-29-9-7-15-45(49)23-17-41-19-25-47(26-20-41)51(39-43-11-3-1-4-12-43)33-37-55-56-38-34-52(40-44-13-5-2-6-14-44)48-27-21-42(22-28-48)18-24-46-16-8-10-30-50(46)32-36-54/h1-21,23-27,29-30,53-54H,22,28,31-40H2/q+2. The van der Waals surface area contributed by atoms with E-state index in [2.05, 4.69) is 152 Å². The molecule has 0 fully saturated rings. The summed E-state index contributed by atoms with van der Waals surface area (Å²) in [5.74, 6) is 2.07. The van der Waals surface area contributed by atoms with Crippen LogP contribution in [0.25, 0.3) is 18.2 Å². The topological polar surface area (TPSA) is 54.7 Å². The van der Waals surface area contributed by atoms with Crippen LogP contribution in [0.5, 0.6) is 0 Å². The minimum absolute atomic E-state index is 0.116. The third-order valence-corrected chi connectivity index (χ3v) is 12.1. The Morgan fingerprint density at radius 2 is 1.07 bits per heavy atom. The van der Waals surface area contributed by atoms with Gasteiger partial charge in [-0.3, -0.25) is 0 Å². The summed E-state index contributed by atoms with van der Waals surface area (Å²) >= 11 is 0. The number of benzene rings is 3. The van der Waals surface area contributed by atoms with E-state index in [1.54, 1.807) is 0 Å². The fourth-order valence-corrected chi connectivity index (χ4v) is 8.74. The number of pyridine rings is 2. The summed E-state index contributed by atoms with van der Waals surface area (Å²) in [6, 6.07) is 42.6. The Morgan fingerprint density at radius 1 is 0.536 bits per heavy atom. The lowest BCUT2D eigenvalue weighted by atomic mass is 10.0. The number of aliphatic hydroxyl groups is 2. The lowest BCUT2D eigenvalue weighted by Crippen LogP contribution is -2.38. The van der Waals surface area contributed by atoms with E-state index >= 15 is 0 Å². The van der Waals surface area contributed by atoms with Crippen LogP contribution in [0.2, 0.25) is 0 Å². The molecular formula is C48H54N4O2S2+2. The quantitative estimate of drug-likeness (QED) is 0.0442. The van der Waals surface area contributed by atoms with Crippen molar-refractivity contribution in [3.05, 3.63) is 191 Å². The van der Waals surface area contributed by atoms with Gasteiger partial charge in [0.05, 0.1) is 0 Å². The van der Waals surface area contributed by atoms with E-state index < -0.39 is 0 Å². The Labute approximate surface area is 341 Å². The van der Waals surface area contributed by atoms with Gasteiger partial charge in [-0.05, 0) is 71.5 Å². The number of allylic oxidation sites excluding steroid dienone is 5. The van der Waals surface area contributed by atoms with Crippen LogP contribution in [0.4, 0.5) is 5.69 Å². The molecule has 2 heterocycles. The molecule has 8 heteroatoms. The number of hydrogen-bond acceptors (Lipinski definition) is 6. The van der Waals surface area contributed by atoms with E-state index in [1.165, 1.54) is 28.1 Å². The first-order chi connectivity index (χ1) is 27.7. The van der Waals surface area contributed by atoms with Crippen LogP contribution >= 0.6 is 21.6 Å². The summed E-state index contributed by atoms with van der Waals surface area (Å²) in [7, 11) is 3.93. The molecule has 56 heavy (non-hydrogen) atoms. The van der Waals surface area contributed by atoms with Crippen LogP contribution in [-0.2, 0) is 26.2 Å². The van der Waals surface area contributed by atoms with E-state index in [0.717, 1.165) is 67.5 Å². The van der Waals surface area contributed by atoms with Gasteiger partial charge in [-0.15, -0.1) is 0 Å². The summed E-state index contributed by atoms with van der Waals surface area (Å²) in [6.45, 7) is 5.14. The number of aromatic nitrogens is 2. The molecule has 0 spiro atoms. The number of hydrogen-bond donors (Lipinski definition) is 2. The molecule has 0 aliphatic heterocycles. The fraction of sp³-hybridized carbons (Fsp3) is 0.250. The molecule has 0 radical (unpaired) electrons. The molecule has 288 valence electrons. The van der Waals surface area contributed by atoms with Gasteiger partial charge in [-0.1, -0.05) is 107 Å². The zero-order chi connectivity index (χ0) is 38.6. The second-order valence-corrected chi connectivity index (χ2v) is 16.4. The minimum Gasteiger partial charge on any atom is -0.390 e. The molecule has 0 saturated carbocycles. The Kier molecular flexibility index (Phi) is 16.5. The van der Waals surface area contributed by atoms with Crippen molar-refractivity contribution in [2.75, 3.05) is 42.7 Å². The first-order valence-corrected chi connectivity index (χ1v) is 22.0. The number of nitrogens with zero attached hydrogens (tertiary/aromatic N) is 4. The fourth-order valence-electron chi connectivity index (χ4n) is 6.76. The van der Waals surface area contributed by atoms with Gasteiger partial charge in [-0.25, -0.2) is 0 Å². The highest BCUT2D eigenvalue weighted by molar-refractivity contribution is 8.76. The van der Waals surface area contributed by atoms with Crippen molar-refractivity contribution >= 4 is 45.5 Å². The number of aliphatic hydroxyl groups excluding tert-OH is 2. The second-order valence-electron chi connectivity index (χ2n) is 13.7. The van der Waals surface area contributed by atoms with Gasteiger partial charge in [-0.2, -0.15) is 9.13 Å². The number of anilines is 1. The molecule has 2 N–H and O–H groups in total. The maximum atomic E-state index is 9.45. The van der Waals surface area contributed by atoms with Gasteiger partial charge in [0.2, 0.25) is 11.4 Å². The van der Waals surface area contributed by atoms with E-state index in [9.17, 15) is 10.2 Å². The third kappa shape index (κ3) is 12.8. The van der Waals surface area contributed by atoms with Crippen LogP contribution in [0.3, 0.4) is 0 Å². The average molecular weight is 783 g/mol. The summed E-state index contributed by atoms with van der Waals surface area (Å²) < 4.78 is 4.14. The zero-order valence-electron chi connectivity index (χ0n) is 32.2. The predicted octanol–water partition coefficient (Wildman–Crippen LogP) is 8.62. The van der Waals surface area contributed by atoms with E-state index in [1.807, 2.05) is 58.2 Å². The highest BCUT2D eigenvalue weighted by Crippen LogP contribution is 2.28. The third-order valence-electron chi connectivity index (χ3n) is 9.78. The van der Waals surface area contributed by atoms with Gasteiger partial charge in [0, 0.05) is 85.5 Å². The molecule has 3 aromatic carbocycles. The monoisotopic (exact) mass is 782 g/mol. The zero-order valence-corrected chi connectivity index (χ0v) is 33.8. The van der Waals surface area contributed by atoms with Crippen LogP contribution in [0.1, 0.15) is 40.9 Å². The predicted molar refractivity (Wildman–Crippen MR) is 237 cm³/mol. The number of rotatable bonds is 21. The van der Waals surface area contributed by atoms with Crippen molar-refractivity contribution in [1.82, 2.24) is 4.90 Å². The molecule has 5 aromatic rings. The Bertz CT molecular complexity index is 2050. The molecule has 0 amide bonds. The molecule has 6 nitrogen and oxygen atoms in total. The lowest BCUT2D eigenvalue weighted by molar-refractivity contribution is -0.699. The van der Waals surface area contributed by atoms with E-state index in [0.29, 0.717) is 13.1 Å². The SMILES string of the molecule is OCC[n+]1ccccc1/C=C/C1=CC=C(N(CCSSCCN(Cc2ccccc2)c2ccc(/C=C/c3cccc[n+]3CCO)cc2)Cc2ccccc2)CC1. The van der Waals surface area contributed by atoms with Crippen molar-refractivity contribution in [2.45, 2.75) is 39.0 Å². The van der Waals surface area contributed by atoms with Gasteiger partial charge in [0.25, 0.3) is 0 Å². The van der Waals surface area contributed by atoms with Gasteiger partial charge in [0.1, 0.15) is 13.2 Å². The summed E-state index contributed by atoms with van der Waals surface area (Å²) in [5, 5.41) is 18.9. The molecule has 6 rings (SSSR count). The van der Waals surface area contributed by atoms with Crippen molar-refractivity contribution < 1.29 is 19.3 Å². The molecule has 0 unspecified atom stereocenters. The highest BCUT2D eigenvalue weighted by Gasteiger charge is 2.15. The highest BCUT2D eigenvalue weighted by atomic mass is 33.1. The Balaban J connectivity index is 1.05. The lowest BCUT2D eigenvalue weighted by Gasteiger charge is -2.29. The Hall–Kier alpha value is -4.86. The van der Waals surface area contributed by atoms with Gasteiger partial charge in [0.15, 0.2) is 25.5 Å². The minimum atomic E-state index is 0.116. The molecular weight excluding hydrogens is 729 g/mol.